The number of aliphatic hydroxyl groups is 1. The molecule has 102 valence electrons. The highest BCUT2D eigenvalue weighted by molar-refractivity contribution is 9.10. The lowest BCUT2D eigenvalue weighted by atomic mass is 10.1. The predicted molar refractivity (Wildman–Crippen MR) is 77.8 cm³/mol. The van der Waals surface area contributed by atoms with Crippen LogP contribution in [0, 0.1) is 5.92 Å². The van der Waals surface area contributed by atoms with Crippen molar-refractivity contribution in [3.63, 3.8) is 0 Å². The van der Waals surface area contributed by atoms with Crippen LogP contribution in [0.5, 0.6) is 0 Å². The zero-order valence-corrected chi connectivity index (χ0v) is 12.7. The van der Waals surface area contributed by atoms with Crippen molar-refractivity contribution in [1.29, 1.82) is 0 Å². The highest BCUT2D eigenvalue weighted by Gasteiger charge is 2.15. The molecule has 1 heterocycles. The maximum absolute atomic E-state index is 9.32. The van der Waals surface area contributed by atoms with Crippen LogP contribution in [0.3, 0.4) is 0 Å². The van der Waals surface area contributed by atoms with E-state index in [1.165, 1.54) is 6.33 Å². The number of nitrogens with one attached hydrogen (secondary N) is 2. The van der Waals surface area contributed by atoms with Crippen molar-refractivity contribution >= 4 is 27.6 Å². The fourth-order valence-corrected chi connectivity index (χ4v) is 1.90. The Bertz CT molecular complexity index is 373. The van der Waals surface area contributed by atoms with Crippen LogP contribution < -0.4 is 10.6 Å². The fourth-order valence-electron chi connectivity index (χ4n) is 1.44. The molecule has 0 aliphatic carbocycles. The van der Waals surface area contributed by atoms with E-state index in [0.717, 1.165) is 23.3 Å². The molecule has 0 saturated heterocycles. The summed E-state index contributed by atoms with van der Waals surface area (Å²) in [4.78, 5) is 8.38. The van der Waals surface area contributed by atoms with Crippen molar-refractivity contribution in [2.24, 2.45) is 5.92 Å². The van der Waals surface area contributed by atoms with Gasteiger partial charge in [0.1, 0.15) is 22.4 Å². The van der Waals surface area contributed by atoms with Gasteiger partial charge in [-0.1, -0.05) is 20.8 Å². The van der Waals surface area contributed by atoms with Crippen LogP contribution in [-0.2, 0) is 0 Å². The molecule has 1 aromatic rings. The number of anilines is 2. The smallest absolute Gasteiger partial charge is 0.146 e. The fraction of sp³-hybridized carbons (Fsp3) is 0.667. The van der Waals surface area contributed by atoms with Crippen LogP contribution in [0.15, 0.2) is 10.8 Å². The Labute approximate surface area is 117 Å². The van der Waals surface area contributed by atoms with Crippen LogP contribution in [0.4, 0.5) is 11.6 Å². The van der Waals surface area contributed by atoms with Crippen LogP contribution >= 0.6 is 15.9 Å². The first-order valence-corrected chi connectivity index (χ1v) is 7.01. The summed E-state index contributed by atoms with van der Waals surface area (Å²) < 4.78 is 0.803. The number of aliphatic hydroxyl groups excluding tert-OH is 1. The zero-order valence-electron chi connectivity index (χ0n) is 11.1. The quantitative estimate of drug-likeness (QED) is 0.721. The van der Waals surface area contributed by atoms with Gasteiger partial charge in [-0.25, -0.2) is 9.97 Å². The molecular weight excluding hydrogens is 296 g/mol. The van der Waals surface area contributed by atoms with Crippen molar-refractivity contribution in [3.05, 3.63) is 10.8 Å². The van der Waals surface area contributed by atoms with Gasteiger partial charge in [-0.3, -0.25) is 0 Å². The summed E-state index contributed by atoms with van der Waals surface area (Å²) in [7, 11) is 0. The van der Waals surface area contributed by atoms with Crippen LogP contribution in [0.25, 0.3) is 0 Å². The summed E-state index contributed by atoms with van der Waals surface area (Å²) in [5.41, 5.74) is 0. The Balaban J connectivity index is 2.82. The largest absolute Gasteiger partial charge is 0.394 e. The molecule has 0 saturated carbocycles. The highest BCUT2D eigenvalue weighted by Crippen LogP contribution is 2.27. The molecule has 1 rings (SSSR count). The van der Waals surface area contributed by atoms with Crippen molar-refractivity contribution in [2.45, 2.75) is 33.2 Å². The standard InChI is InChI=1S/C12H21BrN4O/c1-4-5-14-11-10(13)12(16-7-15-11)17-9(6-18)8(2)3/h7-9,18H,4-6H2,1-3H3,(H2,14,15,16,17). The predicted octanol–water partition coefficient (Wildman–Crippen LogP) is 2.49. The average molecular weight is 317 g/mol. The molecule has 3 N–H and O–H groups in total. The average Bonchev–Trinajstić information content (AvgIpc) is 2.35. The molecule has 0 fully saturated rings. The van der Waals surface area contributed by atoms with Gasteiger partial charge in [0.2, 0.25) is 0 Å². The summed E-state index contributed by atoms with van der Waals surface area (Å²) in [6, 6.07) is -0.0183. The van der Waals surface area contributed by atoms with E-state index in [9.17, 15) is 5.11 Å². The topological polar surface area (TPSA) is 70.1 Å². The Morgan fingerprint density at radius 3 is 2.56 bits per heavy atom. The molecule has 0 amide bonds. The van der Waals surface area contributed by atoms with Gasteiger partial charge < -0.3 is 15.7 Å². The lowest BCUT2D eigenvalue weighted by Crippen LogP contribution is -2.30. The van der Waals surface area contributed by atoms with Crippen molar-refractivity contribution < 1.29 is 5.11 Å². The van der Waals surface area contributed by atoms with Gasteiger partial charge in [0, 0.05) is 6.54 Å². The second-order valence-corrected chi connectivity index (χ2v) is 5.28. The van der Waals surface area contributed by atoms with Gasteiger partial charge >= 0.3 is 0 Å². The van der Waals surface area contributed by atoms with E-state index in [1.807, 2.05) is 0 Å². The van der Waals surface area contributed by atoms with Crippen molar-refractivity contribution in [3.8, 4) is 0 Å². The van der Waals surface area contributed by atoms with Gasteiger partial charge in [0.05, 0.1) is 12.6 Å². The number of aromatic nitrogens is 2. The van der Waals surface area contributed by atoms with E-state index in [-0.39, 0.29) is 12.6 Å². The van der Waals surface area contributed by atoms with Gasteiger partial charge in [-0.15, -0.1) is 0 Å². The molecule has 0 aromatic carbocycles. The first kappa shape index (κ1) is 15.2. The third kappa shape index (κ3) is 4.10. The third-order valence-corrected chi connectivity index (χ3v) is 3.41. The Morgan fingerprint density at radius 2 is 2.00 bits per heavy atom. The van der Waals surface area contributed by atoms with Crippen LogP contribution in [0.2, 0.25) is 0 Å². The molecule has 1 unspecified atom stereocenters. The van der Waals surface area contributed by atoms with Crippen molar-refractivity contribution in [1.82, 2.24) is 9.97 Å². The lowest BCUT2D eigenvalue weighted by Gasteiger charge is -2.21. The Hall–Kier alpha value is -0.880. The Kier molecular flexibility index (Phi) is 6.35. The molecular formula is C12H21BrN4O. The third-order valence-electron chi connectivity index (χ3n) is 2.66. The van der Waals surface area contributed by atoms with Gasteiger partial charge in [0.25, 0.3) is 0 Å². The first-order valence-electron chi connectivity index (χ1n) is 6.21. The number of rotatable bonds is 7. The van der Waals surface area contributed by atoms with E-state index < -0.39 is 0 Å². The summed E-state index contributed by atoms with van der Waals surface area (Å²) in [5.74, 6) is 1.80. The minimum absolute atomic E-state index is 0.0183. The van der Waals surface area contributed by atoms with Gasteiger partial charge in [-0.2, -0.15) is 0 Å². The van der Waals surface area contributed by atoms with Crippen LogP contribution in [-0.4, -0.2) is 34.3 Å². The number of hydrogen-bond donors (Lipinski definition) is 3. The molecule has 1 aromatic heterocycles. The van der Waals surface area contributed by atoms with E-state index in [2.05, 4.69) is 57.3 Å². The lowest BCUT2D eigenvalue weighted by molar-refractivity contribution is 0.249. The van der Waals surface area contributed by atoms with Gasteiger partial charge in [-0.05, 0) is 28.3 Å². The van der Waals surface area contributed by atoms with E-state index in [4.69, 9.17) is 0 Å². The minimum atomic E-state index is -0.0183. The normalized spacial score (nSPS) is 12.6. The molecule has 0 aliphatic rings. The van der Waals surface area contributed by atoms with Gasteiger partial charge in [0.15, 0.2) is 0 Å². The molecule has 5 nitrogen and oxygen atoms in total. The maximum Gasteiger partial charge on any atom is 0.146 e. The van der Waals surface area contributed by atoms with Crippen LogP contribution in [0.1, 0.15) is 27.2 Å². The highest BCUT2D eigenvalue weighted by atomic mass is 79.9. The molecule has 6 heteroatoms. The molecule has 0 bridgehead atoms. The monoisotopic (exact) mass is 316 g/mol. The zero-order chi connectivity index (χ0) is 13.5. The molecule has 18 heavy (non-hydrogen) atoms. The first-order chi connectivity index (χ1) is 8.60. The summed E-state index contributed by atoms with van der Waals surface area (Å²) in [5, 5.41) is 15.8. The number of nitrogens with zero attached hydrogens (tertiary/aromatic N) is 2. The molecule has 0 radical (unpaired) electrons. The number of hydrogen-bond acceptors (Lipinski definition) is 5. The van der Waals surface area contributed by atoms with E-state index in [0.29, 0.717) is 11.7 Å². The van der Waals surface area contributed by atoms with E-state index >= 15 is 0 Å². The molecule has 1 atom stereocenters. The molecule has 0 aliphatic heterocycles. The maximum atomic E-state index is 9.32. The second-order valence-electron chi connectivity index (χ2n) is 4.49. The SMILES string of the molecule is CCCNc1ncnc(NC(CO)C(C)C)c1Br. The Morgan fingerprint density at radius 1 is 1.33 bits per heavy atom. The van der Waals surface area contributed by atoms with Crippen molar-refractivity contribution in [2.75, 3.05) is 23.8 Å². The summed E-state index contributed by atoms with van der Waals surface area (Å²) in [6.45, 7) is 7.15. The molecule has 0 spiro atoms. The second kappa shape index (κ2) is 7.53. The number of halogens is 1. The van der Waals surface area contributed by atoms with E-state index in [1.54, 1.807) is 0 Å². The summed E-state index contributed by atoms with van der Waals surface area (Å²) in [6.07, 6.45) is 2.55. The minimum Gasteiger partial charge on any atom is -0.394 e. The summed E-state index contributed by atoms with van der Waals surface area (Å²) >= 11 is 3.49.